The van der Waals surface area contributed by atoms with E-state index in [0.29, 0.717) is 12.1 Å². The van der Waals surface area contributed by atoms with E-state index >= 15 is 0 Å². The summed E-state index contributed by atoms with van der Waals surface area (Å²) >= 11 is 0. The lowest BCUT2D eigenvalue weighted by atomic mass is 9.96. The highest BCUT2D eigenvalue weighted by molar-refractivity contribution is 5.23. The van der Waals surface area contributed by atoms with Crippen LogP contribution in [0.15, 0.2) is 10.5 Å². The van der Waals surface area contributed by atoms with Gasteiger partial charge in [0.1, 0.15) is 11.5 Å². The minimum atomic E-state index is 0.399. The molecule has 0 radical (unpaired) electrons. The minimum absolute atomic E-state index is 0.399. The fraction of sp³-hybridized carbons (Fsp3) is 0.750. The van der Waals surface area contributed by atoms with Gasteiger partial charge in [0, 0.05) is 23.7 Å². The minimum Gasteiger partial charge on any atom is -0.466 e. The molecule has 3 atom stereocenters. The maximum Gasteiger partial charge on any atom is 0.105 e. The number of nitrogens with one attached hydrogen (secondary N) is 1. The van der Waals surface area contributed by atoms with Gasteiger partial charge in [0.25, 0.3) is 0 Å². The summed E-state index contributed by atoms with van der Waals surface area (Å²) in [5, 5.41) is 3.82. The van der Waals surface area contributed by atoms with Crippen LogP contribution in [-0.2, 0) is 0 Å². The molecular weight excluding hydrogens is 236 g/mol. The van der Waals surface area contributed by atoms with E-state index in [1.54, 1.807) is 0 Å². The van der Waals surface area contributed by atoms with Gasteiger partial charge in [-0.2, -0.15) is 0 Å². The monoisotopic (exact) mass is 262 g/mol. The molecule has 0 bridgehead atoms. The van der Waals surface area contributed by atoms with Crippen molar-refractivity contribution < 1.29 is 4.42 Å². The van der Waals surface area contributed by atoms with E-state index < -0.39 is 0 Å². The second kappa shape index (κ2) is 5.29. The molecule has 106 valence electrons. The third-order valence-electron chi connectivity index (χ3n) is 4.85. The van der Waals surface area contributed by atoms with Crippen LogP contribution < -0.4 is 5.32 Å². The Kier molecular flexibility index (Phi) is 3.68. The summed E-state index contributed by atoms with van der Waals surface area (Å²) in [4.78, 5) is 2.68. The van der Waals surface area contributed by atoms with Crippen LogP contribution >= 0.6 is 0 Å². The van der Waals surface area contributed by atoms with Crippen LogP contribution in [0.25, 0.3) is 0 Å². The van der Waals surface area contributed by atoms with Gasteiger partial charge in [0.2, 0.25) is 0 Å². The molecule has 0 aliphatic carbocycles. The zero-order valence-electron chi connectivity index (χ0n) is 12.4. The van der Waals surface area contributed by atoms with Crippen molar-refractivity contribution in [1.82, 2.24) is 10.2 Å². The highest BCUT2D eigenvalue weighted by atomic mass is 16.3. The summed E-state index contributed by atoms with van der Waals surface area (Å²) in [6, 6.07) is 4.09. The van der Waals surface area contributed by atoms with Gasteiger partial charge in [0.15, 0.2) is 0 Å². The van der Waals surface area contributed by atoms with Crippen molar-refractivity contribution in [1.29, 1.82) is 0 Å². The highest BCUT2D eigenvalue weighted by Crippen LogP contribution is 2.29. The van der Waals surface area contributed by atoms with Crippen molar-refractivity contribution in [3.63, 3.8) is 0 Å². The van der Waals surface area contributed by atoms with Crippen molar-refractivity contribution in [2.75, 3.05) is 13.1 Å². The van der Waals surface area contributed by atoms with Crippen LogP contribution in [0.2, 0.25) is 0 Å². The van der Waals surface area contributed by atoms with Gasteiger partial charge in [-0.25, -0.2) is 0 Å². The van der Waals surface area contributed by atoms with Gasteiger partial charge in [-0.15, -0.1) is 0 Å². The van der Waals surface area contributed by atoms with Gasteiger partial charge in [-0.05, 0) is 65.6 Å². The summed E-state index contributed by atoms with van der Waals surface area (Å²) in [6.45, 7) is 8.96. The number of hydrogen-bond acceptors (Lipinski definition) is 3. The maximum atomic E-state index is 5.65. The fourth-order valence-electron chi connectivity index (χ4n) is 3.90. The first kappa shape index (κ1) is 13.2. The number of piperidine rings is 1. The molecule has 0 aromatic carbocycles. The zero-order chi connectivity index (χ0) is 13.4. The van der Waals surface area contributed by atoms with Crippen molar-refractivity contribution >= 4 is 0 Å². The average molecular weight is 262 g/mol. The molecular formula is C16H26N2O. The maximum absolute atomic E-state index is 5.65. The number of furan rings is 1. The first-order valence-corrected chi connectivity index (χ1v) is 7.70. The molecule has 3 rings (SSSR count). The molecule has 1 aromatic rings. The van der Waals surface area contributed by atoms with Gasteiger partial charge in [0.05, 0.1) is 0 Å². The molecule has 3 heteroatoms. The lowest BCUT2D eigenvalue weighted by molar-refractivity contribution is 0.162. The molecule has 2 saturated heterocycles. The lowest BCUT2D eigenvalue weighted by Crippen LogP contribution is -2.46. The second-order valence-corrected chi connectivity index (χ2v) is 6.31. The summed E-state index contributed by atoms with van der Waals surface area (Å²) < 4.78 is 5.65. The van der Waals surface area contributed by atoms with E-state index in [0.717, 1.165) is 17.6 Å². The number of fused-ring (bicyclic) bond motifs is 1. The molecule has 1 N–H and O–H groups in total. The molecule has 0 spiro atoms. The Labute approximate surface area is 116 Å². The second-order valence-electron chi connectivity index (χ2n) is 6.31. The average Bonchev–Trinajstić information content (AvgIpc) is 2.94. The number of nitrogens with zero attached hydrogens (tertiary/aromatic N) is 1. The van der Waals surface area contributed by atoms with Gasteiger partial charge in [-0.1, -0.05) is 0 Å². The van der Waals surface area contributed by atoms with Gasteiger partial charge in [-0.3, -0.25) is 0 Å². The molecule has 19 heavy (non-hydrogen) atoms. The third kappa shape index (κ3) is 2.72. The van der Waals surface area contributed by atoms with E-state index in [9.17, 15) is 0 Å². The summed E-state index contributed by atoms with van der Waals surface area (Å²) in [5.74, 6) is 2.09. The Hall–Kier alpha value is -0.800. The molecule has 0 amide bonds. The van der Waals surface area contributed by atoms with E-state index in [2.05, 4.69) is 30.1 Å². The van der Waals surface area contributed by atoms with E-state index in [-0.39, 0.29) is 0 Å². The topological polar surface area (TPSA) is 28.4 Å². The zero-order valence-corrected chi connectivity index (χ0v) is 12.4. The van der Waals surface area contributed by atoms with E-state index in [4.69, 9.17) is 4.42 Å². The molecule has 2 aliphatic heterocycles. The number of rotatable bonds is 3. The first-order chi connectivity index (χ1) is 9.13. The Balaban J connectivity index is 1.60. The fourth-order valence-corrected chi connectivity index (χ4v) is 3.90. The molecule has 3 nitrogen and oxygen atoms in total. The molecule has 1 aromatic heterocycles. The van der Waals surface area contributed by atoms with Gasteiger partial charge >= 0.3 is 0 Å². The van der Waals surface area contributed by atoms with Gasteiger partial charge < -0.3 is 14.6 Å². The van der Waals surface area contributed by atoms with Crippen LogP contribution in [-0.4, -0.2) is 30.1 Å². The lowest BCUT2D eigenvalue weighted by Gasteiger charge is -2.36. The molecule has 2 aliphatic rings. The van der Waals surface area contributed by atoms with E-state index in [1.807, 2.05) is 6.92 Å². The molecule has 3 heterocycles. The number of aryl methyl sites for hydroxylation is 2. The summed E-state index contributed by atoms with van der Waals surface area (Å²) in [7, 11) is 0. The third-order valence-corrected chi connectivity index (χ3v) is 4.85. The van der Waals surface area contributed by atoms with Crippen LogP contribution in [0, 0.1) is 13.8 Å². The highest BCUT2D eigenvalue weighted by Gasteiger charge is 2.32. The number of hydrogen-bond donors (Lipinski definition) is 1. The summed E-state index contributed by atoms with van der Waals surface area (Å²) in [6.07, 6.45) is 5.40. The molecule has 2 fully saturated rings. The standard InChI is InChI=1S/C16H26N2O/c1-11-9-16(13(3)19-11)12(2)17-14-6-8-18-7-4-5-15(18)10-14/h9,12,14-15,17H,4-8,10H2,1-3H3. The Bertz CT molecular complexity index is 440. The molecule has 3 unspecified atom stereocenters. The first-order valence-electron chi connectivity index (χ1n) is 7.70. The van der Waals surface area contributed by atoms with Crippen LogP contribution in [0.3, 0.4) is 0 Å². The predicted molar refractivity (Wildman–Crippen MR) is 77.3 cm³/mol. The van der Waals surface area contributed by atoms with Crippen LogP contribution in [0.4, 0.5) is 0 Å². The Morgan fingerprint density at radius 1 is 1.32 bits per heavy atom. The van der Waals surface area contributed by atoms with E-state index in [1.165, 1.54) is 44.3 Å². The Morgan fingerprint density at radius 2 is 2.16 bits per heavy atom. The van der Waals surface area contributed by atoms with Crippen molar-refractivity contribution in [2.45, 2.75) is 64.6 Å². The smallest absolute Gasteiger partial charge is 0.105 e. The molecule has 0 saturated carbocycles. The van der Waals surface area contributed by atoms with Crippen molar-refractivity contribution in [3.8, 4) is 0 Å². The summed E-state index contributed by atoms with van der Waals surface area (Å²) in [5.41, 5.74) is 1.33. The SMILES string of the molecule is Cc1cc(C(C)NC2CCN3CCCC3C2)c(C)o1. The quantitative estimate of drug-likeness (QED) is 0.907. The van der Waals surface area contributed by atoms with Crippen LogP contribution in [0.5, 0.6) is 0 Å². The predicted octanol–water partition coefficient (Wildman–Crippen LogP) is 3.17. The largest absolute Gasteiger partial charge is 0.466 e. The normalized spacial score (nSPS) is 29.4. The van der Waals surface area contributed by atoms with Crippen molar-refractivity contribution in [2.24, 2.45) is 0 Å². The Morgan fingerprint density at radius 3 is 2.89 bits per heavy atom. The van der Waals surface area contributed by atoms with Crippen LogP contribution in [0.1, 0.15) is 55.7 Å². The van der Waals surface area contributed by atoms with Crippen molar-refractivity contribution in [3.05, 3.63) is 23.2 Å².